The molecule has 158 valence electrons. The lowest BCUT2D eigenvalue weighted by atomic mass is 10.0. The Morgan fingerprint density at radius 3 is 2.03 bits per heavy atom. The van der Waals surface area contributed by atoms with Crippen molar-refractivity contribution >= 4 is 21.6 Å². The van der Waals surface area contributed by atoms with Crippen molar-refractivity contribution in [3.05, 3.63) is 59.7 Å². The number of hydrogen-bond acceptors (Lipinski definition) is 4. The van der Waals surface area contributed by atoms with Crippen LogP contribution in [0, 0.1) is 0 Å². The topological polar surface area (TPSA) is 75.7 Å². The Morgan fingerprint density at radius 2 is 1.55 bits per heavy atom. The number of nitrogens with zero attached hydrogens (tertiary/aromatic N) is 1. The maximum Gasteiger partial charge on any atom is 0.241 e. The molecule has 0 radical (unpaired) electrons. The van der Waals surface area contributed by atoms with Gasteiger partial charge in [-0.05, 0) is 55.2 Å². The minimum absolute atomic E-state index is 0.261. The fourth-order valence-electron chi connectivity index (χ4n) is 2.95. The van der Waals surface area contributed by atoms with Gasteiger partial charge in [-0.15, -0.1) is 0 Å². The molecule has 2 aromatic rings. The van der Waals surface area contributed by atoms with Crippen LogP contribution in [0.2, 0.25) is 0 Å². The van der Waals surface area contributed by atoms with E-state index in [0.29, 0.717) is 18.2 Å². The van der Waals surface area contributed by atoms with Gasteiger partial charge < -0.3 is 10.1 Å². The van der Waals surface area contributed by atoms with Crippen LogP contribution >= 0.6 is 0 Å². The van der Waals surface area contributed by atoms with Crippen LogP contribution in [0.25, 0.3) is 0 Å². The SMILES string of the molecule is CCOc1ccc(C(C)NC(=O)CN(c2ccc(C(C)C)cc2)S(C)(=O)=O)cc1. The molecule has 0 heterocycles. The lowest BCUT2D eigenvalue weighted by Gasteiger charge is -2.23. The van der Waals surface area contributed by atoms with Crippen LogP contribution in [-0.4, -0.2) is 33.7 Å². The number of anilines is 1. The van der Waals surface area contributed by atoms with E-state index in [0.717, 1.165) is 27.4 Å². The van der Waals surface area contributed by atoms with E-state index in [1.54, 1.807) is 12.1 Å². The zero-order valence-corrected chi connectivity index (χ0v) is 18.5. The van der Waals surface area contributed by atoms with Gasteiger partial charge in [0.2, 0.25) is 15.9 Å². The predicted octanol–water partition coefficient (Wildman–Crippen LogP) is 3.85. The molecule has 0 spiro atoms. The van der Waals surface area contributed by atoms with Crippen LogP contribution in [0.5, 0.6) is 5.75 Å². The first-order valence-electron chi connectivity index (χ1n) is 9.71. The fraction of sp³-hybridized carbons (Fsp3) is 0.409. The molecular weight excluding hydrogens is 388 g/mol. The van der Waals surface area contributed by atoms with Crippen molar-refractivity contribution in [2.24, 2.45) is 0 Å². The van der Waals surface area contributed by atoms with Gasteiger partial charge in [-0.25, -0.2) is 8.42 Å². The summed E-state index contributed by atoms with van der Waals surface area (Å²) < 4.78 is 31.1. The van der Waals surface area contributed by atoms with E-state index in [4.69, 9.17) is 4.74 Å². The van der Waals surface area contributed by atoms with Gasteiger partial charge >= 0.3 is 0 Å². The molecule has 1 atom stereocenters. The largest absolute Gasteiger partial charge is 0.494 e. The van der Waals surface area contributed by atoms with E-state index >= 15 is 0 Å². The summed E-state index contributed by atoms with van der Waals surface area (Å²) in [6, 6.07) is 14.4. The molecule has 0 aliphatic carbocycles. The number of hydrogen-bond donors (Lipinski definition) is 1. The van der Waals surface area contributed by atoms with Crippen LogP contribution in [0.4, 0.5) is 5.69 Å². The third kappa shape index (κ3) is 6.49. The highest BCUT2D eigenvalue weighted by molar-refractivity contribution is 7.92. The van der Waals surface area contributed by atoms with Gasteiger partial charge in [0.15, 0.2) is 0 Å². The van der Waals surface area contributed by atoms with Gasteiger partial charge in [-0.2, -0.15) is 0 Å². The molecule has 2 rings (SSSR count). The third-order valence-electron chi connectivity index (χ3n) is 4.60. The van der Waals surface area contributed by atoms with Gasteiger partial charge in [-0.3, -0.25) is 9.10 Å². The number of amides is 1. The number of carbonyl (C=O) groups excluding carboxylic acids is 1. The summed E-state index contributed by atoms with van der Waals surface area (Å²) in [5.41, 5.74) is 2.49. The molecule has 29 heavy (non-hydrogen) atoms. The van der Waals surface area contributed by atoms with Crippen LogP contribution in [0.1, 0.15) is 50.8 Å². The Balaban J connectivity index is 2.09. The number of rotatable bonds is 9. The molecular formula is C22H30N2O4S. The highest BCUT2D eigenvalue weighted by Gasteiger charge is 2.22. The molecule has 0 saturated carbocycles. The van der Waals surface area contributed by atoms with Crippen molar-refractivity contribution < 1.29 is 17.9 Å². The zero-order valence-electron chi connectivity index (χ0n) is 17.7. The average molecular weight is 419 g/mol. The molecule has 2 aromatic carbocycles. The summed E-state index contributed by atoms with van der Waals surface area (Å²) in [5, 5.41) is 2.86. The van der Waals surface area contributed by atoms with Crippen molar-refractivity contribution in [1.82, 2.24) is 5.32 Å². The van der Waals surface area contributed by atoms with Gasteiger partial charge in [0.05, 0.1) is 24.6 Å². The van der Waals surface area contributed by atoms with E-state index in [9.17, 15) is 13.2 Å². The number of ether oxygens (including phenoxy) is 1. The zero-order chi connectivity index (χ0) is 21.6. The lowest BCUT2D eigenvalue weighted by Crippen LogP contribution is -2.41. The minimum Gasteiger partial charge on any atom is -0.494 e. The number of carbonyl (C=O) groups is 1. The average Bonchev–Trinajstić information content (AvgIpc) is 2.66. The maximum atomic E-state index is 12.6. The molecule has 0 aromatic heterocycles. The summed E-state index contributed by atoms with van der Waals surface area (Å²) in [4.78, 5) is 12.6. The fourth-order valence-corrected chi connectivity index (χ4v) is 3.80. The Morgan fingerprint density at radius 1 is 1.00 bits per heavy atom. The summed E-state index contributed by atoms with van der Waals surface area (Å²) in [5.74, 6) is 0.738. The van der Waals surface area contributed by atoms with Gasteiger partial charge in [-0.1, -0.05) is 38.1 Å². The molecule has 0 bridgehead atoms. The second-order valence-corrected chi connectivity index (χ2v) is 9.21. The molecule has 1 unspecified atom stereocenters. The van der Waals surface area contributed by atoms with E-state index < -0.39 is 10.0 Å². The summed E-state index contributed by atoms with van der Waals surface area (Å²) in [6.07, 6.45) is 1.10. The van der Waals surface area contributed by atoms with Crippen LogP contribution in [0.3, 0.4) is 0 Å². The highest BCUT2D eigenvalue weighted by atomic mass is 32.2. The Bertz CT molecular complexity index is 907. The van der Waals surface area contributed by atoms with E-state index in [-0.39, 0.29) is 18.5 Å². The number of benzene rings is 2. The summed E-state index contributed by atoms with van der Waals surface area (Å²) in [6.45, 7) is 8.22. The molecule has 6 nitrogen and oxygen atoms in total. The van der Waals surface area contributed by atoms with Crippen molar-refractivity contribution in [2.45, 2.75) is 39.7 Å². The van der Waals surface area contributed by atoms with Gasteiger partial charge in [0.1, 0.15) is 12.3 Å². The molecule has 1 amide bonds. The summed E-state index contributed by atoms with van der Waals surface area (Å²) in [7, 11) is -3.60. The lowest BCUT2D eigenvalue weighted by molar-refractivity contribution is -0.120. The van der Waals surface area contributed by atoms with E-state index in [1.165, 1.54) is 0 Å². The highest BCUT2D eigenvalue weighted by Crippen LogP contribution is 2.22. The van der Waals surface area contributed by atoms with Gasteiger partial charge in [0, 0.05) is 0 Å². The van der Waals surface area contributed by atoms with E-state index in [1.807, 2.05) is 50.2 Å². The van der Waals surface area contributed by atoms with Crippen molar-refractivity contribution in [3.63, 3.8) is 0 Å². The molecule has 0 fully saturated rings. The van der Waals surface area contributed by atoms with E-state index in [2.05, 4.69) is 19.2 Å². The molecule has 7 heteroatoms. The Kier molecular flexibility index (Phi) is 7.67. The van der Waals surface area contributed by atoms with Crippen LogP contribution < -0.4 is 14.4 Å². The minimum atomic E-state index is -3.60. The number of sulfonamides is 1. The molecule has 0 aliphatic rings. The second kappa shape index (κ2) is 9.78. The van der Waals surface area contributed by atoms with Crippen molar-refractivity contribution in [1.29, 1.82) is 0 Å². The third-order valence-corrected chi connectivity index (χ3v) is 5.74. The van der Waals surface area contributed by atoms with Crippen molar-refractivity contribution in [3.8, 4) is 5.75 Å². The van der Waals surface area contributed by atoms with Crippen LogP contribution in [0.15, 0.2) is 48.5 Å². The molecule has 0 saturated heterocycles. The Labute approximate surface area is 173 Å². The predicted molar refractivity (Wildman–Crippen MR) is 117 cm³/mol. The number of nitrogens with one attached hydrogen (secondary N) is 1. The Hall–Kier alpha value is -2.54. The van der Waals surface area contributed by atoms with Crippen LogP contribution in [-0.2, 0) is 14.8 Å². The smallest absolute Gasteiger partial charge is 0.241 e. The quantitative estimate of drug-likeness (QED) is 0.671. The summed E-state index contributed by atoms with van der Waals surface area (Å²) >= 11 is 0. The normalized spacial score (nSPS) is 12.5. The monoisotopic (exact) mass is 418 g/mol. The van der Waals surface area contributed by atoms with Gasteiger partial charge in [0.25, 0.3) is 0 Å². The molecule has 0 aliphatic heterocycles. The van der Waals surface area contributed by atoms with Crippen molar-refractivity contribution in [2.75, 3.05) is 23.7 Å². The first-order valence-corrected chi connectivity index (χ1v) is 11.6. The second-order valence-electron chi connectivity index (χ2n) is 7.31. The molecule has 1 N–H and O–H groups in total. The first-order chi connectivity index (χ1) is 13.6. The first kappa shape index (κ1) is 22.7. The standard InChI is InChI=1S/C22H30N2O4S/c1-6-28-21-13-9-19(10-14-21)17(4)23-22(25)15-24(29(5,26)27)20-11-7-18(8-12-20)16(2)3/h7-14,16-17H,6,15H2,1-5H3,(H,23,25). The maximum absolute atomic E-state index is 12.6.